The fraction of sp³-hybridized carbons (Fsp3) is 0.0714. The van der Waals surface area contributed by atoms with Gasteiger partial charge in [-0.2, -0.15) is 0 Å². The Hall–Kier alpha value is -1.71. The van der Waals surface area contributed by atoms with Gasteiger partial charge in [0.1, 0.15) is 5.75 Å². The van der Waals surface area contributed by atoms with E-state index in [0.717, 1.165) is 0 Å². The average molecular weight is 296 g/mol. The predicted octanol–water partition coefficient (Wildman–Crippen LogP) is 3.73. The number of benzene rings is 2. The van der Waals surface area contributed by atoms with Gasteiger partial charge in [0.25, 0.3) is 5.91 Å². The number of nitrogens with one attached hydrogen (secondary N) is 1. The highest BCUT2D eigenvalue weighted by molar-refractivity contribution is 6.40. The minimum absolute atomic E-state index is 0.0496. The third-order valence-electron chi connectivity index (χ3n) is 2.71. The third-order valence-corrected chi connectivity index (χ3v) is 3.41. The van der Waals surface area contributed by atoms with Crippen LogP contribution in [0.3, 0.4) is 0 Å². The highest BCUT2D eigenvalue weighted by atomic mass is 35.5. The van der Waals surface area contributed by atoms with E-state index in [9.17, 15) is 9.90 Å². The summed E-state index contributed by atoms with van der Waals surface area (Å²) in [5, 5.41) is 12.8. The maximum atomic E-state index is 11.6. The molecule has 0 bridgehead atoms. The molecule has 0 heterocycles. The van der Waals surface area contributed by atoms with Crippen molar-refractivity contribution >= 4 is 29.1 Å². The van der Waals surface area contributed by atoms with E-state index in [0.29, 0.717) is 21.7 Å². The lowest BCUT2D eigenvalue weighted by atomic mass is 10.0. The van der Waals surface area contributed by atoms with E-state index in [4.69, 9.17) is 23.2 Å². The number of halogens is 2. The summed E-state index contributed by atoms with van der Waals surface area (Å²) in [6.07, 6.45) is 0. The van der Waals surface area contributed by atoms with Crippen molar-refractivity contribution in [1.29, 1.82) is 0 Å². The second-order valence-corrected chi connectivity index (χ2v) is 4.70. The summed E-state index contributed by atoms with van der Waals surface area (Å²) in [5.41, 5.74) is 1.68. The van der Waals surface area contributed by atoms with Crippen LogP contribution in [0.15, 0.2) is 36.4 Å². The highest BCUT2D eigenvalue weighted by Crippen LogP contribution is 2.40. The molecule has 0 aliphatic heterocycles. The van der Waals surface area contributed by atoms with Gasteiger partial charge < -0.3 is 10.4 Å². The number of carbonyl (C=O) groups excluding carboxylic acids is 1. The van der Waals surface area contributed by atoms with Crippen molar-refractivity contribution in [2.24, 2.45) is 0 Å². The zero-order chi connectivity index (χ0) is 14.0. The van der Waals surface area contributed by atoms with Crippen LogP contribution in [0.5, 0.6) is 5.75 Å². The van der Waals surface area contributed by atoms with E-state index >= 15 is 0 Å². The Morgan fingerprint density at radius 1 is 1.21 bits per heavy atom. The minimum Gasteiger partial charge on any atom is -0.506 e. The lowest BCUT2D eigenvalue weighted by molar-refractivity contribution is 0.0963. The van der Waals surface area contributed by atoms with E-state index in [-0.39, 0.29) is 16.7 Å². The second kappa shape index (κ2) is 5.51. The predicted molar refractivity (Wildman–Crippen MR) is 77.0 cm³/mol. The van der Waals surface area contributed by atoms with E-state index in [1.807, 2.05) is 0 Å². The van der Waals surface area contributed by atoms with Gasteiger partial charge in [0.15, 0.2) is 0 Å². The fourth-order valence-electron chi connectivity index (χ4n) is 1.77. The topological polar surface area (TPSA) is 49.3 Å². The maximum Gasteiger partial charge on any atom is 0.251 e. The highest BCUT2D eigenvalue weighted by Gasteiger charge is 2.13. The summed E-state index contributed by atoms with van der Waals surface area (Å²) in [6, 6.07) is 9.86. The molecule has 0 atom stereocenters. The van der Waals surface area contributed by atoms with Crippen molar-refractivity contribution in [2.75, 3.05) is 7.05 Å². The van der Waals surface area contributed by atoms with Gasteiger partial charge in [-0.15, -0.1) is 0 Å². The quantitative estimate of drug-likeness (QED) is 0.887. The number of carbonyl (C=O) groups is 1. The smallest absolute Gasteiger partial charge is 0.251 e. The standard InChI is InChI=1S/C14H11Cl2NO2/c1-17-14(19)9-4-2-3-8(7-9)12-10(15)5-6-11(18)13(12)16/h2-7,18H,1H3,(H,17,19). The lowest BCUT2D eigenvalue weighted by Crippen LogP contribution is -2.17. The van der Waals surface area contributed by atoms with Crippen LogP contribution in [-0.4, -0.2) is 18.1 Å². The number of hydrogen-bond acceptors (Lipinski definition) is 2. The second-order valence-electron chi connectivity index (χ2n) is 3.92. The zero-order valence-corrected chi connectivity index (χ0v) is 11.6. The molecule has 0 saturated heterocycles. The fourth-order valence-corrected chi connectivity index (χ4v) is 2.36. The van der Waals surface area contributed by atoms with Crippen molar-refractivity contribution in [1.82, 2.24) is 5.32 Å². The molecule has 0 unspecified atom stereocenters. The van der Waals surface area contributed by atoms with Gasteiger partial charge in [-0.1, -0.05) is 35.3 Å². The Morgan fingerprint density at radius 2 is 1.95 bits per heavy atom. The van der Waals surface area contributed by atoms with Gasteiger partial charge in [0.2, 0.25) is 0 Å². The lowest BCUT2D eigenvalue weighted by Gasteiger charge is -2.10. The van der Waals surface area contributed by atoms with Crippen molar-refractivity contribution in [2.45, 2.75) is 0 Å². The summed E-state index contributed by atoms with van der Waals surface area (Å²) in [5.74, 6) is -0.249. The number of aromatic hydroxyl groups is 1. The van der Waals surface area contributed by atoms with Gasteiger partial charge in [0, 0.05) is 18.2 Å². The maximum absolute atomic E-state index is 11.6. The molecule has 0 saturated carbocycles. The Morgan fingerprint density at radius 3 is 2.63 bits per heavy atom. The van der Waals surface area contributed by atoms with Crippen LogP contribution in [0.1, 0.15) is 10.4 Å². The molecule has 98 valence electrons. The van der Waals surface area contributed by atoms with E-state index in [2.05, 4.69) is 5.32 Å². The average Bonchev–Trinajstić information content (AvgIpc) is 2.43. The number of hydrogen-bond donors (Lipinski definition) is 2. The molecular weight excluding hydrogens is 285 g/mol. The Kier molecular flexibility index (Phi) is 3.98. The molecule has 5 heteroatoms. The number of amides is 1. The molecule has 19 heavy (non-hydrogen) atoms. The molecule has 2 rings (SSSR count). The summed E-state index contributed by atoms with van der Waals surface area (Å²) in [6.45, 7) is 0. The normalized spacial score (nSPS) is 10.3. The van der Waals surface area contributed by atoms with Crippen molar-refractivity contribution < 1.29 is 9.90 Å². The first-order chi connectivity index (χ1) is 9.04. The Bertz CT molecular complexity index is 641. The number of phenolic OH excluding ortho intramolecular Hbond substituents is 1. The molecule has 3 nitrogen and oxygen atoms in total. The SMILES string of the molecule is CNC(=O)c1cccc(-c2c(Cl)ccc(O)c2Cl)c1. The molecule has 0 aromatic heterocycles. The molecule has 0 aliphatic carbocycles. The third kappa shape index (κ3) is 2.67. The Balaban J connectivity index is 2.60. The molecule has 0 aliphatic rings. The molecule has 0 spiro atoms. The molecule has 1 amide bonds. The van der Waals surface area contributed by atoms with Crippen LogP contribution in [-0.2, 0) is 0 Å². The van der Waals surface area contributed by atoms with Gasteiger partial charge >= 0.3 is 0 Å². The van der Waals surface area contributed by atoms with Gasteiger partial charge in [-0.05, 0) is 29.8 Å². The minimum atomic E-state index is -0.200. The van der Waals surface area contributed by atoms with E-state index in [1.165, 1.54) is 6.07 Å². The summed E-state index contributed by atoms with van der Waals surface area (Å²) in [4.78, 5) is 11.6. The van der Waals surface area contributed by atoms with Gasteiger partial charge in [0.05, 0.1) is 10.0 Å². The molecule has 2 N–H and O–H groups in total. The summed E-state index contributed by atoms with van der Waals surface area (Å²) >= 11 is 12.2. The number of rotatable bonds is 2. The Labute approximate surface area is 120 Å². The zero-order valence-electron chi connectivity index (χ0n) is 10.1. The molecule has 2 aromatic carbocycles. The first kappa shape index (κ1) is 13.7. The van der Waals surface area contributed by atoms with E-state index < -0.39 is 0 Å². The molecular formula is C14H11Cl2NO2. The summed E-state index contributed by atoms with van der Waals surface area (Å²) < 4.78 is 0. The first-order valence-corrected chi connectivity index (χ1v) is 6.29. The molecule has 2 aromatic rings. The van der Waals surface area contributed by atoms with Crippen molar-refractivity contribution in [3.8, 4) is 16.9 Å². The van der Waals surface area contributed by atoms with Crippen LogP contribution in [0, 0.1) is 0 Å². The van der Waals surface area contributed by atoms with Crippen LogP contribution < -0.4 is 5.32 Å². The van der Waals surface area contributed by atoms with Crippen LogP contribution in [0.4, 0.5) is 0 Å². The first-order valence-electron chi connectivity index (χ1n) is 5.54. The monoisotopic (exact) mass is 295 g/mol. The molecule has 0 fully saturated rings. The molecule has 0 radical (unpaired) electrons. The van der Waals surface area contributed by atoms with E-state index in [1.54, 1.807) is 37.4 Å². The largest absolute Gasteiger partial charge is 0.506 e. The van der Waals surface area contributed by atoms with Crippen LogP contribution in [0.25, 0.3) is 11.1 Å². The van der Waals surface area contributed by atoms with Gasteiger partial charge in [-0.25, -0.2) is 0 Å². The van der Waals surface area contributed by atoms with Crippen LogP contribution in [0.2, 0.25) is 10.0 Å². The number of phenols is 1. The van der Waals surface area contributed by atoms with Gasteiger partial charge in [-0.3, -0.25) is 4.79 Å². The summed E-state index contributed by atoms with van der Waals surface area (Å²) in [7, 11) is 1.56. The van der Waals surface area contributed by atoms with Crippen LogP contribution >= 0.6 is 23.2 Å². The van der Waals surface area contributed by atoms with Crippen molar-refractivity contribution in [3.05, 3.63) is 52.0 Å². The van der Waals surface area contributed by atoms with Crippen molar-refractivity contribution in [3.63, 3.8) is 0 Å².